The number of ether oxygens (including phenoxy) is 1. The fraction of sp³-hybridized carbons (Fsp3) is 0.600. The molecule has 3 N–H and O–H groups in total. The predicted octanol–water partition coefficient (Wildman–Crippen LogP) is 2.07. The largest absolute Gasteiger partial charge is 0.481 e. The van der Waals surface area contributed by atoms with Gasteiger partial charge in [0.2, 0.25) is 0 Å². The lowest BCUT2D eigenvalue weighted by Gasteiger charge is -2.15. The van der Waals surface area contributed by atoms with Crippen LogP contribution in [0.4, 0.5) is 5.82 Å². The number of anilines is 1. The molecule has 1 fully saturated rings. The first kappa shape index (κ1) is 17.0. The van der Waals surface area contributed by atoms with E-state index >= 15 is 0 Å². The molecule has 2 atom stereocenters. The molecular weight excluding hydrogens is 330 g/mol. The van der Waals surface area contributed by atoms with Gasteiger partial charge in [-0.1, -0.05) is 0 Å². The van der Waals surface area contributed by atoms with Crippen LogP contribution in [-0.4, -0.2) is 48.2 Å². The third-order valence-corrected chi connectivity index (χ3v) is 5.20. The van der Waals surface area contributed by atoms with Crippen molar-refractivity contribution >= 4 is 34.7 Å². The highest BCUT2D eigenvalue weighted by atomic mass is 32.2. The topological polar surface area (TPSA) is 116 Å². The van der Waals surface area contributed by atoms with Gasteiger partial charge in [0.1, 0.15) is 18.1 Å². The molecule has 2 aromatic rings. The van der Waals surface area contributed by atoms with Crippen LogP contribution in [0, 0.1) is 0 Å². The summed E-state index contributed by atoms with van der Waals surface area (Å²) in [5.74, 6) is 1.55. The third-order valence-electron chi connectivity index (χ3n) is 4.02. The van der Waals surface area contributed by atoms with E-state index in [2.05, 4.69) is 15.0 Å². The van der Waals surface area contributed by atoms with Gasteiger partial charge in [-0.2, -0.15) is 11.8 Å². The van der Waals surface area contributed by atoms with E-state index in [4.69, 9.17) is 15.6 Å². The number of nitrogen functional groups attached to an aromatic ring is 1. The summed E-state index contributed by atoms with van der Waals surface area (Å²) in [6.07, 6.45) is 7.11. The highest BCUT2D eigenvalue weighted by Crippen LogP contribution is 2.32. The van der Waals surface area contributed by atoms with Crippen LogP contribution in [0.25, 0.3) is 11.2 Å². The van der Waals surface area contributed by atoms with Gasteiger partial charge in [-0.25, -0.2) is 15.0 Å². The van der Waals surface area contributed by atoms with Gasteiger partial charge in [-0.05, 0) is 31.4 Å². The summed E-state index contributed by atoms with van der Waals surface area (Å²) < 4.78 is 8.03. The first-order valence-corrected chi connectivity index (χ1v) is 9.18. The van der Waals surface area contributed by atoms with Gasteiger partial charge >= 0.3 is 5.97 Å². The van der Waals surface area contributed by atoms with Crippen LogP contribution < -0.4 is 5.73 Å². The van der Waals surface area contributed by atoms with E-state index in [1.165, 1.54) is 6.33 Å². The van der Waals surface area contributed by atoms with E-state index in [0.717, 1.165) is 37.2 Å². The van der Waals surface area contributed by atoms with Crippen LogP contribution in [0.5, 0.6) is 0 Å². The molecule has 1 saturated heterocycles. The maximum absolute atomic E-state index is 10.5. The number of imidazole rings is 1. The molecule has 0 aromatic carbocycles. The van der Waals surface area contributed by atoms with E-state index in [1.54, 1.807) is 6.33 Å². The summed E-state index contributed by atoms with van der Waals surface area (Å²) >= 11 is 1.82. The number of carboxylic acid groups (broad SMARTS) is 1. The Bertz CT molecular complexity index is 707. The van der Waals surface area contributed by atoms with Crippen LogP contribution >= 0.6 is 11.8 Å². The summed E-state index contributed by atoms with van der Waals surface area (Å²) in [5, 5.41) is 8.60. The number of carboxylic acids is 1. The Balaban J connectivity index is 1.47. The van der Waals surface area contributed by atoms with E-state index in [1.807, 2.05) is 16.3 Å². The lowest BCUT2D eigenvalue weighted by atomic mass is 10.2. The first-order chi connectivity index (χ1) is 11.6. The van der Waals surface area contributed by atoms with Crippen molar-refractivity contribution in [1.29, 1.82) is 0 Å². The van der Waals surface area contributed by atoms with Crippen LogP contribution in [0.3, 0.4) is 0 Å². The molecule has 24 heavy (non-hydrogen) atoms. The minimum atomic E-state index is -0.723. The highest BCUT2D eigenvalue weighted by molar-refractivity contribution is 7.99. The number of nitrogens with two attached hydrogens (primary N) is 1. The molecule has 130 valence electrons. The maximum Gasteiger partial charge on any atom is 0.303 e. The van der Waals surface area contributed by atoms with Crippen molar-refractivity contribution in [3.8, 4) is 0 Å². The average molecular weight is 351 g/mol. The average Bonchev–Trinajstić information content (AvgIpc) is 3.17. The zero-order chi connectivity index (χ0) is 16.9. The lowest BCUT2D eigenvalue weighted by Crippen LogP contribution is -2.13. The Morgan fingerprint density at radius 1 is 1.38 bits per heavy atom. The van der Waals surface area contributed by atoms with Crippen molar-refractivity contribution < 1.29 is 14.6 Å². The molecule has 9 heteroatoms. The van der Waals surface area contributed by atoms with Crippen molar-refractivity contribution in [2.75, 3.05) is 17.2 Å². The van der Waals surface area contributed by atoms with Gasteiger partial charge in [0.25, 0.3) is 0 Å². The smallest absolute Gasteiger partial charge is 0.303 e. The molecule has 1 aliphatic heterocycles. The maximum atomic E-state index is 10.5. The number of hydrogen-bond donors (Lipinski definition) is 2. The number of hydrogen-bond acceptors (Lipinski definition) is 7. The Hall–Kier alpha value is -1.87. The van der Waals surface area contributed by atoms with Crippen LogP contribution in [0.1, 0.15) is 38.3 Å². The second-order valence-electron chi connectivity index (χ2n) is 5.80. The highest BCUT2D eigenvalue weighted by Gasteiger charge is 2.28. The van der Waals surface area contributed by atoms with Gasteiger partial charge in [-0.15, -0.1) is 0 Å². The number of aliphatic carboxylic acids is 1. The van der Waals surface area contributed by atoms with Crippen LogP contribution in [-0.2, 0) is 9.53 Å². The molecule has 3 rings (SSSR count). The third kappa shape index (κ3) is 3.96. The van der Waals surface area contributed by atoms with Crippen molar-refractivity contribution in [3.63, 3.8) is 0 Å². The Morgan fingerprint density at radius 3 is 3.08 bits per heavy atom. The molecule has 3 heterocycles. The SMILES string of the molecule is Nc1ncnc2c1ncn2C1CCC(CSCCCCC(=O)O)O1. The molecule has 0 spiro atoms. The molecule has 2 aromatic heterocycles. The molecular formula is C15H21N5O3S. The normalized spacial score (nSPS) is 20.7. The minimum Gasteiger partial charge on any atom is -0.481 e. The quantitative estimate of drug-likeness (QED) is 0.694. The minimum absolute atomic E-state index is 0.0677. The second kappa shape index (κ2) is 7.80. The molecule has 0 radical (unpaired) electrons. The predicted molar refractivity (Wildman–Crippen MR) is 91.7 cm³/mol. The van der Waals surface area contributed by atoms with Gasteiger partial charge < -0.3 is 15.6 Å². The van der Waals surface area contributed by atoms with Crippen molar-refractivity contribution in [2.24, 2.45) is 0 Å². The van der Waals surface area contributed by atoms with Crippen LogP contribution in [0.2, 0.25) is 0 Å². The lowest BCUT2D eigenvalue weighted by molar-refractivity contribution is -0.137. The molecule has 1 aliphatic rings. The Labute approximate surface area is 143 Å². The fourth-order valence-electron chi connectivity index (χ4n) is 2.79. The number of fused-ring (bicyclic) bond motifs is 1. The van der Waals surface area contributed by atoms with Gasteiger partial charge in [0.15, 0.2) is 11.5 Å². The van der Waals surface area contributed by atoms with E-state index in [9.17, 15) is 4.79 Å². The molecule has 0 aliphatic carbocycles. The summed E-state index contributed by atoms with van der Waals surface area (Å²) in [6.45, 7) is 0. The molecule has 0 saturated carbocycles. The number of thioether (sulfide) groups is 1. The summed E-state index contributed by atoms with van der Waals surface area (Å²) in [5.41, 5.74) is 7.12. The van der Waals surface area contributed by atoms with Gasteiger partial charge in [0.05, 0.1) is 12.4 Å². The first-order valence-electron chi connectivity index (χ1n) is 8.03. The van der Waals surface area contributed by atoms with E-state index in [0.29, 0.717) is 17.0 Å². The van der Waals surface area contributed by atoms with Crippen molar-refractivity contribution in [3.05, 3.63) is 12.7 Å². The molecule has 0 amide bonds. The van der Waals surface area contributed by atoms with Crippen LogP contribution in [0.15, 0.2) is 12.7 Å². The number of carbonyl (C=O) groups is 1. The molecule has 8 nitrogen and oxygen atoms in total. The monoisotopic (exact) mass is 351 g/mol. The number of aromatic nitrogens is 4. The van der Waals surface area contributed by atoms with Crippen molar-refractivity contribution in [1.82, 2.24) is 19.5 Å². The van der Waals surface area contributed by atoms with Gasteiger partial charge in [0, 0.05) is 12.2 Å². The van der Waals surface area contributed by atoms with Gasteiger partial charge in [-0.3, -0.25) is 9.36 Å². The number of nitrogens with zero attached hydrogens (tertiary/aromatic N) is 4. The summed E-state index contributed by atoms with van der Waals surface area (Å²) in [6, 6.07) is 0. The summed E-state index contributed by atoms with van der Waals surface area (Å²) in [4.78, 5) is 22.9. The van der Waals surface area contributed by atoms with Crippen molar-refractivity contribution in [2.45, 2.75) is 44.4 Å². The zero-order valence-electron chi connectivity index (χ0n) is 13.3. The number of unbranched alkanes of at least 4 members (excludes halogenated alkanes) is 1. The number of rotatable bonds is 8. The standard InChI is InChI=1S/C15H21N5O3S/c16-14-13-15(18-8-17-14)20(9-19-13)11-5-4-10(23-11)7-24-6-2-1-3-12(21)22/h8-11H,1-7H2,(H,21,22)(H2,16,17,18). The Morgan fingerprint density at radius 2 is 2.25 bits per heavy atom. The van der Waals surface area contributed by atoms with E-state index in [-0.39, 0.29) is 18.8 Å². The zero-order valence-corrected chi connectivity index (χ0v) is 14.1. The second-order valence-corrected chi connectivity index (χ2v) is 6.95. The fourth-order valence-corrected chi connectivity index (χ4v) is 3.87. The molecule has 2 unspecified atom stereocenters. The summed E-state index contributed by atoms with van der Waals surface area (Å²) in [7, 11) is 0. The Kier molecular flexibility index (Phi) is 5.52. The molecule has 0 bridgehead atoms. The van der Waals surface area contributed by atoms with E-state index < -0.39 is 5.97 Å².